The van der Waals surface area contributed by atoms with E-state index >= 15 is 0 Å². The van der Waals surface area contributed by atoms with Crippen LogP contribution in [-0.2, 0) is 0 Å². The van der Waals surface area contributed by atoms with Gasteiger partial charge in [-0.1, -0.05) is 6.07 Å². The maximum Gasteiger partial charge on any atom is 0.255 e. The molecule has 0 heterocycles. The number of anilines is 1. The molecule has 0 aliphatic carbocycles. The number of carbonyl (C=O) groups excluding carboxylic acids is 1. The van der Waals surface area contributed by atoms with Crippen molar-refractivity contribution in [1.82, 2.24) is 0 Å². The van der Waals surface area contributed by atoms with Crippen LogP contribution in [0.4, 0.5) is 23.2 Å². The summed E-state index contributed by atoms with van der Waals surface area (Å²) in [5, 5.41) is 1.83. The van der Waals surface area contributed by atoms with Crippen LogP contribution in [0.25, 0.3) is 0 Å². The van der Waals surface area contributed by atoms with Gasteiger partial charge in [0, 0.05) is 15.2 Å². The molecule has 1 N–H and O–H groups in total. The summed E-state index contributed by atoms with van der Waals surface area (Å²) in [7, 11) is 0. The highest BCUT2D eigenvalue weighted by atomic mass is 127. The fraction of sp³-hybridized carbons (Fsp3) is 0. The van der Waals surface area contributed by atoms with Gasteiger partial charge in [0.1, 0.15) is 5.69 Å². The summed E-state index contributed by atoms with van der Waals surface area (Å²) in [5.74, 6) is -7.33. The van der Waals surface area contributed by atoms with Crippen molar-refractivity contribution in [3.05, 3.63) is 62.7 Å². The molecule has 20 heavy (non-hydrogen) atoms. The monoisotopic (exact) mass is 395 g/mol. The highest BCUT2D eigenvalue weighted by Crippen LogP contribution is 2.24. The van der Waals surface area contributed by atoms with Gasteiger partial charge >= 0.3 is 0 Å². The molecule has 0 aromatic heterocycles. The zero-order valence-electron chi connectivity index (χ0n) is 9.68. The summed E-state index contributed by atoms with van der Waals surface area (Å²) in [4.78, 5) is 11.8. The van der Waals surface area contributed by atoms with Crippen molar-refractivity contribution in [2.45, 2.75) is 0 Å². The van der Waals surface area contributed by atoms with Gasteiger partial charge in [0.2, 0.25) is 0 Å². The van der Waals surface area contributed by atoms with Crippen LogP contribution >= 0.6 is 22.6 Å². The molecular formula is C13H6F4INO. The lowest BCUT2D eigenvalue weighted by molar-refractivity contribution is 0.102. The van der Waals surface area contributed by atoms with E-state index in [-0.39, 0.29) is 11.6 Å². The van der Waals surface area contributed by atoms with Crippen molar-refractivity contribution in [3.63, 3.8) is 0 Å². The Balaban J connectivity index is 2.38. The number of halogens is 5. The van der Waals surface area contributed by atoms with E-state index in [0.717, 1.165) is 3.57 Å². The van der Waals surface area contributed by atoms with E-state index in [1.807, 2.05) is 27.9 Å². The second kappa shape index (κ2) is 5.78. The Morgan fingerprint density at radius 2 is 1.60 bits per heavy atom. The van der Waals surface area contributed by atoms with Gasteiger partial charge in [0.05, 0.1) is 0 Å². The van der Waals surface area contributed by atoms with Gasteiger partial charge < -0.3 is 5.32 Å². The van der Waals surface area contributed by atoms with Gasteiger partial charge in [0.15, 0.2) is 23.3 Å². The molecular weight excluding hydrogens is 389 g/mol. The molecule has 2 aromatic rings. The maximum absolute atomic E-state index is 13.4. The zero-order chi connectivity index (χ0) is 14.9. The zero-order valence-corrected chi connectivity index (χ0v) is 11.8. The first-order chi connectivity index (χ1) is 9.40. The number of rotatable bonds is 2. The molecule has 0 bridgehead atoms. The summed E-state index contributed by atoms with van der Waals surface area (Å²) < 4.78 is 53.5. The molecule has 2 aromatic carbocycles. The summed E-state index contributed by atoms with van der Waals surface area (Å²) in [6.45, 7) is 0. The number of hydrogen-bond acceptors (Lipinski definition) is 1. The summed E-state index contributed by atoms with van der Waals surface area (Å²) in [6.07, 6.45) is 0. The number of benzene rings is 2. The van der Waals surface area contributed by atoms with Crippen LogP contribution in [0.2, 0.25) is 0 Å². The molecule has 0 saturated heterocycles. The Bertz CT molecular complexity index is 664. The van der Waals surface area contributed by atoms with E-state index in [9.17, 15) is 22.4 Å². The molecule has 0 aliphatic heterocycles. The molecule has 0 spiro atoms. The van der Waals surface area contributed by atoms with Gasteiger partial charge in [-0.05, 0) is 40.8 Å². The number of amides is 1. The van der Waals surface area contributed by atoms with Crippen LogP contribution in [0.1, 0.15) is 10.4 Å². The fourth-order valence-electron chi connectivity index (χ4n) is 1.50. The number of carbonyl (C=O) groups is 1. The average Bonchev–Trinajstić information content (AvgIpc) is 2.41. The van der Waals surface area contributed by atoms with Gasteiger partial charge in [0.25, 0.3) is 5.91 Å². The molecule has 104 valence electrons. The molecule has 0 unspecified atom stereocenters. The minimum absolute atomic E-state index is 0.0752. The van der Waals surface area contributed by atoms with Crippen molar-refractivity contribution >= 4 is 34.2 Å². The molecule has 2 rings (SSSR count). The maximum atomic E-state index is 13.4. The Morgan fingerprint density at radius 3 is 2.15 bits per heavy atom. The Kier molecular flexibility index (Phi) is 4.26. The van der Waals surface area contributed by atoms with Crippen molar-refractivity contribution in [3.8, 4) is 0 Å². The first-order valence-electron chi connectivity index (χ1n) is 5.30. The highest BCUT2D eigenvalue weighted by molar-refractivity contribution is 14.1. The Labute approximate surface area is 124 Å². The molecule has 0 atom stereocenters. The lowest BCUT2D eigenvalue weighted by Crippen LogP contribution is -2.16. The van der Waals surface area contributed by atoms with Crippen LogP contribution in [0.15, 0.2) is 30.3 Å². The predicted molar refractivity (Wildman–Crippen MR) is 73.4 cm³/mol. The number of hydrogen-bond donors (Lipinski definition) is 1. The molecule has 2 nitrogen and oxygen atoms in total. The minimum atomic E-state index is -1.65. The van der Waals surface area contributed by atoms with Crippen LogP contribution < -0.4 is 5.32 Å². The summed E-state index contributed by atoms with van der Waals surface area (Å²) >= 11 is 1.95. The van der Waals surface area contributed by atoms with Crippen molar-refractivity contribution in [2.24, 2.45) is 0 Å². The van der Waals surface area contributed by atoms with Crippen molar-refractivity contribution in [2.75, 3.05) is 5.32 Å². The Morgan fingerprint density at radius 1 is 1.00 bits per heavy atom. The van der Waals surface area contributed by atoms with Crippen molar-refractivity contribution in [1.29, 1.82) is 0 Å². The third-order valence-electron chi connectivity index (χ3n) is 2.44. The molecule has 0 aliphatic rings. The SMILES string of the molecule is O=C(Nc1c(F)c(F)cc(F)c1F)c1cccc(I)c1. The molecule has 0 radical (unpaired) electrons. The normalized spacial score (nSPS) is 10.4. The summed E-state index contributed by atoms with van der Waals surface area (Å²) in [5.41, 5.74) is -1.04. The van der Waals surface area contributed by atoms with E-state index in [2.05, 4.69) is 0 Å². The second-order valence-corrected chi connectivity index (χ2v) is 5.05. The van der Waals surface area contributed by atoms with Crippen LogP contribution in [0.5, 0.6) is 0 Å². The molecule has 0 fully saturated rings. The van der Waals surface area contributed by atoms with Gasteiger partial charge in [-0.3, -0.25) is 4.79 Å². The van der Waals surface area contributed by atoms with Crippen LogP contribution in [-0.4, -0.2) is 5.91 Å². The van der Waals surface area contributed by atoms with Gasteiger partial charge in [-0.2, -0.15) is 0 Å². The second-order valence-electron chi connectivity index (χ2n) is 3.81. The van der Waals surface area contributed by atoms with Crippen LogP contribution in [0, 0.1) is 26.8 Å². The Hall–Kier alpha value is -1.64. The highest BCUT2D eigenvalue weighted by Gasteiger charge is 2.21. The largest absolute Gasteiger partial charge is 0.317 e. The van der Waals surface area contributed by atoms with E-state index in [1.54, 1.807) is 12.1 Å². The quantitative estimate of drug-likeness (QED) is 0.463. The third kappa shape index (κ3) is 2.92. The van der Waals surface area contributed by atoms with E-state index < -0.39 is 34.9 Å². The number of nitrogens with one attached hydrogen (secondary N) is 1. The average molecular weight is 395 g/mol. The van der Waals surface area contributed by atoms with Gasteiger partial charge in [-0.15, -0.1) is 0 Å². The van der Waals surface area contributed by atoms with E-state index in [0.29, 0.717) is 0 Å². The summed E-state index contributed by atoms with van der Waals surface area (Å²) in [6, 6.07) is 6.21. The topological polar surface area (TPSA) is 29.1 Å². The first kappa shape index (κ1) is 14.8. The van der Waals surface area contributed by atoms with E-state index in [1.165, 1.54) is 12.1 Å². The minimum Gasteiger partial charge on any atom is -0.317 e. The first-order valence-corrected chi connectivity index (χ1v) is 6.38. The van der Waals surface area contributed by atoms with Crippen LogP contribution in [0.3, 0.4) is 0 Å². The van der Waals surface area contributed by atoms with Crippen molar-refractivity contribution < 1.29 is 22.4 Å². The lowest BCUT2D eigenvalue weighted by atomic mass is 10.2. The predicted octanol–water partition coefficient (Wildman–Crippen LogP) is 4.10. The smallest absolute Gasteiger partial charge is 0.255 e. The lowest BCUT2D eigenvalue weighted by Gasteiger charge is -2.09. The van der Waals surface area contributed by atoms with Gasteiger partial charge in [-0.25, -0.2) is 17.6 Å². The fourth-order valence-corrected chi connectivity index (χ4v) is 2.04. The third-order valence-corrected chi connectivity index (χ3v) is 3.11. The molecule has 0 saturated carbocycles. The standard InChI is InChI=1S/C13H6F4INO/c14-8-5-9(15)11(17)12(10(8)16)19-13(20)6-2-1-3-7(18)4-6/h1-5H,(H,19,20). The molecule has 1 amide bonds. The van der Waals surface area contributed by atoms with E-state index in [4.69, 9.17) is 0 Å². The molecule has 7 heteroatoms.